The summed E-state index contributed by atoms with van der Waals surface area (Å²) in [4.78, 5) is 30.2. The number of Topliss-reactive ketones (excluding diaryl/α,β-unsaturated/α-hetero) is 1. The molecule has 11 heteroatoms. The van der Waals surface area contributed by atoms with Crippen molar-refractivity contribution in [3.63, 3.8) is 0 Å². The third-order valence-electron chi connectivity index (χ3n) is 6.78. The van der Waals surface area contributed by atoms with Crippen molar-refractivity contribution < 1.29 is 35.9 Å². The summed E-state index contributed by atoms with van der Waals surface area (Å²) < 4.78 is 79.1. The fourth-order valence-electron chi connectivity index (χ4n) is 4.77. The van der Waals surface area contributed by atoms with Crippen LogP contribution in [0.25, 0.3) is 0 Å². The van der Waals surface area contributed by atoms with Crippen LogP contribution in [0.2, 0.25) is 0 Å². The maximum Gasteiger partial charge on any atom is 0.416 e. The number of unbranched alkanes of at least 4 members (excludes halogenated alkanes) is 1. The molecule has 2 aromatic rings. The summed E-state index contributed by atoms with van der Waals surface area (Å²) in [7, 11) is 0. The molecule has 0 N–H and O–H groups in total. The van der Waals surface area contributed by atoms with Gasteiger partial charge in [0.2, 0.25) is 5.91 Å². The number of hydrogen-bond donors (Lipinski definition) is 0. The molecular weight excluding hydrogens is 500 g/mol. The number of halogens is 6. The average molecular weight is 528 g/mol. The van der Waals surface area contributed by atoms with E-state index in [9.17, 15) is 35.9 Å². The van der Waals surface area contributed by atoms with Crippen LogP contribution in [0, 0.1) is 0 Å². The molecule has 0 aliphatic carbocycles. The number of piperazine rings is 1. The third kappa shape index (κ3) is 6.44. The van der Waals surface area contributed by atoms with Gasteiger partial charge in [0.1, 0.15) is 0 Å². The van der Waals surface area contributed by atoms with Gasteiger partial charge in [-0.05, 0) is 49.7 Å². The minimum atomic E-state index is -4.87. The van der Waals surface area contributed by atoms with Crippen molar-refractivity contribution in [2.24, 2.45) is 0 Å². The molecule has 0 saturated carbocycles. The van der Waals surface area contributed by atoms with Crippen LogP contribution in [0.15, 0.2) is 42.5 Å². The van der Waals surface area contributed by atoms with Gasteiger partial charge in [-0.25, -0.2) is 0 Å². The lowest BCUT2D eigenvalue weighted by atomic mass is 10.1. The Morgan fingerprint density at radius 2 is 1.32 bits per heavy atom. The van der Waals surface area contributed by atoms with E-state index in [0.717, 1.165) is 18.6 Å². The maximum atomic E-state index is 13.2. The normalized spacial score (nSPS) is 17.7. The standard InChI is InChI=1S/C26H27F6N3O2/c27-25(28,29)18-15-19(26(30,31)32)17-20(16-18)34-13-11-33(12-14-34)9-3-4-10-35-22-6-2-1-5-21(22)23(36)7-8-24(35)37/h1-2,5-6,15-17H,3-4,7-14H2. The molecular formula is C26H27F6N3O2. The molecule has 0 aromatic heterocycles. The van der Waals surface area contributed by atoms with Gasteiger partial charge < -0.3 is 9.80 Å². The molecule has 2 aromatic carbocycles. The molecule has 1 saturated heterocycles. The molecule has 37 heavy (non-hydrogen) atoms. The smallest absolute Gasteiger partial charge is 0.369 e. The number of anilines is 2. The van der Waals surface area contributed by atoms with Gasteiger partial charge in [-0.2, -0.15) is 26.3 Å². The number of amides is 1. The lowest BCUT2D eigenvalue weighted by Crippen LogP contribution is -2.46. The van der Waals surface area contributed by atoms with E-state index in [1.165, 1.54) is 0 Å². The van der Waals surface area contributed by atoms with Crippen molar-refractivity contribution in [2.75, 3.05) is 49.1 Å². The quantitative estimate of drug-likeness (QED) is 0.361. The van der Waals surface area contributed by atoms with Gasteiger partial charge in [0.15, 0.2) is 5.78 Å². The second-order valence-electron chi connectivity index (χ2n) is 9.29. The van der Waals surface area contributed by atoms with Crippen molar-refractivity contribution >= 4 is 23.1 Å². The highest BCUT2D eigenvalue weighted by molar-refractivity contribution is 6.10. The van der Waals surface area contributed by atoms with Gasteiger partial charge in [-0.1, -0.05) is 12.1 Å². The van der Waals surface area contributed by atoms with Gasteiger partial charge in [0.05, 0.1) is 16.8 Å². The molecule has 1 fully saturated rings. The van der Waals surface area contributed by atoms with E-state index >= 15 is 0 Å². The molecule has 0 atom stereocenters. The summed E-state index contributed by atoms with van der Waals surface area (Å²) in [5.74, 6) is -0.140. The Labute approximate surface area is 210 Å². The Bertz CT molecular complexity index is 1110. The van der Waals surface area contributed by atoms with E-state index in [4.69, 9.17) is 0 Å². The Hall–Kier alpha value is -3.08. The summed E-state index contributed by atoms with van der Waals surface area (Å²) in [6.45, 7) is 2.76. The van der Waals surface area contributed by atoms with Crippen molar-refractivity contribution in [2.45, 2.75) is 38.0 Å². The number of fused-ring (bicyclic) bond motifs is 1. The second kappa shape index (κ2) is 10.7. The number of carbonyl (C=O) groups is 2. The zero-order valence-electron chi connectivity index (χ0n) is 20.0. The highest BCUT2D eigenvalue weighted by Gasteiger charge is 2.37. The van der Waals surface area contributed by atoms with Gasteiger partial charge in [-0.3, -0.25) is 14.5 Å². The second-order valence-corrected chi connectivity index (χ2v) is 9.29. The molecule has 2 aliphatic heterocycles. The first-order chi connectivity index (χ1) is 17.4. The van der Waals surface area contributed by atoms with Gasteiger partial charge in [0, 0.05) is 56.8 Å². The van der Waals surface area contributed by atoms with E-state index in [0.29, 0.717) is 56.9 Å². The van der Waals surface area contributed by atoms with E-state index in [1.807, 2.05) is 0 Å². The average Bonchev–Trinajstić information content (AvgIpc) is 2.97. The number of benzene rings is 2. The molecule has 2 heterocycles. The van der Waals surface area contributed by atoms with E-state index in [1.54, 1.807) is 34.1 Å². The number of para-hydroxylation sites is 1. The number of carbonyl (C=O) groups excluding carboxylic acids is 2. The lowest BCUT2D eigenvalue weighted by Gasteiger charge is -2.36. The number of hydrogen-bond acceptors (Lipinski definition) is 4. The first-order valence-electron chi connectivity index (χ1n) is 12.1. The van der Waals surface area contributed by atoms with Gasteiger partial charge in [0.25, 0.3) is 0 Å². The van der Waals surface area contributed by atoms with Crippen molar-refractivity contribution in [1.82, 2.24) is 4.90 Å². The first kappa shape index (κ1) is 27.0. The minimum absolute atomic E-state index is 0.0487. The summed E-state index contributed by atoms with van der Waals surface area (Å²) in [6, 6.07) is 8.74. The summed E-state index contributed by atoms with van der Waals surface area (Å²) in [6.07, 6.45) is -7.95. The molecule has 2 aliphatic rings. The SMILES string of the molecule is O=C1CCC(=O)N(CCCCN2CCN(c3cc(C(F)(F)F)cc(C(F)(F)F)c3)CC2)c2ccccc21. The third-order valence-corrected chi connectivity index (χ3v) is 6.78. The molecule has 1 amide bonds. The number of ketones is 1. The summed E-state index contributed by atoms with van der Waals surface area (Å²) in [5, 5.41) is 0. The van der Waals surface area contributed by atoms with Crippen LogP contribution in [0.5, 0.6) is 0 Å². The highest BCUT2D eigenvalue weighted by Crippen LogP contribution is 2.38. The molecule has 0 bridgehead atoms. The maximum absolute atomic E-state index is 13.2. The predicted octanol–water partition coefficient (Wildman–Crippen LogP) is 5.64. The first-order valence-corrected chi connectivity index (χ1v) is 12.1. The van der Waals surface area contributed by atoms with Crippen molar-refractivity contribution in [1.29, 1.82) is 0 Å². The van der Waals surface area contributed by atoms with Crippen molar-refractivity contribution in [3.8, 4) is 0 Å². The van der Waals surface area contributed by atoms with E-state index < -0.39 is 23.5 Å². The minimum Gasteiger partial charge on any atom is -0.369 e. The number of nitrogens with zero attached hydrogens (tertiary/aromatic N) is 3. The zero-order valence-corrected chi connectivity index (χ0v) is 20.0. The lowest BCUT2D eigenvalue weighted by molar-refractivity contribution is -0.143. The molecule has 200 valence electrons. The fraction of sp³-hybridized carbons (Fsp3) is 0.462. The molecule has 0 radical (unpaired) electrons. The topological polar surface area (TPSA) is 43.9 Å². The van der Waals surface area contributed by atoms with Crippen LogP contribution < -0.4 is 9.80 Å². The van der Waals surface area contributed by atoms with E-state index in [2.05, 4.69) is 4.90 Å². The number of alkyl halides is 6. The Kier molecular flexibility index (Phi) is 7.82. The molecule has 0 spiro atoms. The zero-order chi connectivity index (χ0) is 26.8. The monoisotopic (exact) mass is 527 g/mol. The van der Waals surface area contributed by atoms with Crippen molar-refractivity contribution in [3.05, 3.63) is 59.2 Å². The highest BCUT2D eigenvalue weighted by atomic mass is 19.4. The van der Waals surface area contributed by atoms with Crippen LogP contribution in [-0.2, 0) is 17.1 Å². The Morgan fingerprint density at radius 1 is 0.730 bits per heavy atom. The molecule has 4 rings (SSSR count). The van der Waals surface area contributed by atoms with Crippen LogP contribution >= 0.6 is 0 Å². The van der Waals surface area contributed by atoms with Gasteiger partial charge in [-0.15, -0.1) is 0 Å². The van der Waals surface area contributed by atoms with Crippen LogP contribution in [0.1, 0.15) is 47.2 Å². The number of rotatable bonds is 6. The Balaban J connectivity index is 1.31. The van der Waals surface area contributed by atoms with Crippen LogP contribution in [0.4, 0.5) is 37.7 Å². The largest absolute Gasteiger partial charge is 0.416 e. The Morgan fingerprint density at radius 3 is 1.95 bits per heavy atom. The summed E-state index contributed by atoms with van der Waals surface area (Å²) in [5.41, 5.74) is -1.54. The summed E-state index contributed by atoms with van der Waals surface area (Å²) >= 11 is 0. The van der Waals surface area contributed by atoms with Gasteiger partial charge >= 0.3 is 12.4 Å². The molecule has 5 nitrogen and oxygen atoms in total. The predicted molar refractivity (Wildman–Crippen MR) is 127 cm³/mol. The van der Waals surface area contributed by atoms with Crippen LogP contribution in [-0.4, -0.2) is 55.9 Å². The van der Waals surface area contributed by atoms with Crippen LogP contribution in [0.3, 0.4) is 0 Å². The van der Waals surface area contributed by atoms with E-state index in [-0.39, 0.29) is 36.3 Å². The molecule has 0 unspecified atom stereocenters. The fourth-order valence-corrected chi connectivity index (χ4v) is 4.77.